The summed E-state index contributed by atoms with van der Waals surface area (Å²) in [5.41, 5.74) is 0.206. The first-order valence-electron chi connectivity index (χ1n) is 7.12. The molecule has 0 aliphatic heterocycles. The van der Waals surface area contributed by atoms with Gasteiger partial charge in [-0.15, -0.1) is 0 Å². The summed E-state index contributed by atoms with van der Waals surface area (Å²) in [5.74, 6) is 2.09. The Labute approximate surface area is 125 Å². The Hall–Kier alpha value is -2.14. The lowest BCUT2D eigenvalue weighted by atomic mass is 10.0. The van der Waals surface area contributed by atoms with Crippen LogP contribution in [0.1, 0.15) is 20.3 Å². The molecule has 0 amide bonds. The van der Waals surface area contributed by atoms with Gasteiger partial charge in [0.25, 0.3) is 0 Å². The molecule has 0 radical (unpaired) electrons. The molecule has 112 valence electrons. The Morgan fingerprint density at radius 1 is 1.14 bits per heavy atom. The van der Waals surface area contributed by atoms with Crippen LogP contribution >= 0.6 is 0 Å². The molecule has 0 spiro atoms. The molecule has 0 aliphatic carbocycles. The number of anilines is 2. The van der Waals surface area contributed by atoms with Gasteiger partial charge in [0.2, 0.25) is 0 Å². The fourth-order valence-electron chi connectivity index (χ4n) is 1.79. The first kappa shape index (κ1) is 15.3. The third-order valence-corrected chi connectivity index (χ3v) is 3.43. The van der Waals surface area contributed by atoms with Crippen LogP contribution in [0.3, 0.4) is 0 Å². The van der Waals surface area contributed by atoms with Crippen molar-refractivity contribution in [3.8, 4) is 11.4 Å². The zero-order valence-electron chi connectivity index (χ0n) is 12.7. The molecule has 1 atom stereocenters. The van der Waals surface area contributed by atoms with Gasteiger partial charge < -0.3 is 15.7 Å². The smallest absolute Gasteiger partial charge is 0.163 e. The third-order valence-electron chi connectivity index (χ3n) is 3.43. The van der Waals surface area contributed by atoms with E-state index in [9.17, 15) is 5.11 Å². The molecule has 0 fully saturated rings. The van der Waals surface area contributed by atoms with Crippen LogP contribution in [-0.2, 0) is 0 Å². The molecule has 1 unspecified atom stereocenters. The maximum absolute atomic E-state index is 10.1. The van der Waals surface area contributed by atoms with Crippen LogP contribution in [0.4, 0.5) is 11.6 Å². The maximum atomic E-state index is 10.1. The molecule has 5 heteroatoms. The van der Waals surface area contributed by atoms with E-state index in [2.05, 4.69) is 20.6 Å². The standard InChI is InChI=1S/C16H22N4O/c1-4-16(2,21)11-18-14-10-13(17-3)19-15(20-14)12-8-6-5-7-9-12/h5-10,21H,4,11H2,1-3H3,(H2,17,18,19,20). The van der Waals surface area contributed by atoms with Crippen LogP contribution in [0, 0.1) is 0 Å². The lowest BCUT2D eigenvalue weighted by Gasteiger charge is -2.22. The fraction of sp³-hybridized carbons (Fsp3) is 0.375. The zero-order chi connectivity index (χ0) is 15.3. The van der Waals surface area contributed by atoms with E-state index in [4.69, 9.17) is 0 Å². The highest BCUT2D eigenvalue weighted by molar-refractivity contribution is 5.61. The maximum Gasteiger partial charge on any atom is 0.163 e. The summed E-state index contributed by atoms with van der Waals surface area (Å²) in [4.78, 5) is 8.98. The van der Waals surface area contributed by atoms with Crippen molar-refractivity contribution in [1.29, 1.82) is 0 Å². The minimum absolute atomic E-state index is 0.442. The average molecular weight is 286 g/mol. The highest BCUT2D eigenvalue weighted by Gasteiger charge is 2.17. The summed E-state index contributed by atoms with van der Waals surface area (Å²) >= 11 is 0. The molecule has 2 rings (SSSR count). The number of aliphatic hydroxyl groups is 1. The van der Waals surface area contributed by atoms with Crippen LogP contribution in [0.25, 0.3) is 11.4 Å². The Morgan fingerprint density at radius 2 is 1.81 bits per heavy atom. The molecule has 0 bridgehead atoms. The molecular formula is C16H22N4O. The number of nitrogens with one attached hydrogen (secondary N) is 2. The molecule has 0 aliphatic rings. The molecular weight excluding hydrogens is 264 g/mol. The number of benzene rings is 1. The fourth-order valence-corrected chi connectivity index (χ4v) is 1.79. The number of rotatable bonds is 6. The van der Waals surface area contributed by atoms with E-state index in [0.717, 1.165) is 11.4 Å². The molecule has 1 heterocycles. The summed E-state index contributed by atoms with van der Waals surface area (Å²) in [6.45, 7) is 4.20. The predicted molar refractivity (Wildman–Crippen MR) is 86.4 cm³/mol. The van der Waals surface area contributed by atoms with Crippen molar-refractivity contribution in [1.82, 2.24) is 9.97 Å². The number of hydrogen-bond acceptors (Lipinski definition) is 5. The lowest BCUT2D eigenvalue weighted by molar-refractivity contribution is 0.0696. The normalized spacial score (nSPS) is 13.5. The van der Waals surface area contributed by atoms with Gasteiger partial charge in [-0.1, -0.05) is 37.3 Å². The number of hydrogen-bond donors (Lipinski definition) is 3. The lowest BCUT2D eigenvalue weighted by Crippen LogP contribution is -2.32. The molecule has 5 nitrogen and oxygen atoms in total. The summed E-state index contributed by atoms with van der Waals surface area (Å²) in [5, 5.41) is 16.3. The van der Waals surface area contributed by atoms with Crippen molar-refractivity contribution in [2.45, 2.75) is 25.9 Å². The molecule has 3 N–H and O–H groups in total. The minimum atomic E-state index is -0.752. The molecule has 2 aromatic rings. The summed E-state index contributed by atoms with van der Waals surface area (Å²) in [7, 11) is 1.82. The van der Waals surface area contributed by atoms with E-state index >= 15 is 0 Å². The summed E-state index contributed by atoms with van der Waals surface area (Å²) < 4.78 is 0. The van der Waals surface area contributed by atoms with Crippen molar-refractivity contribution in [3.63, 3.8) is 0 Å². The van der Waals surface area contributed by atoms with Gasteiger partial charge >= 0.3 is 0 Å². The monoisotopic (exact) mass is 286 g/mol. The van der Waals surface area contributed by atoms with Crippen LogP contribution in [0.5, 0.6) is 0 Å². The SMILES string of the molecule is CCC(C)(O)CNc1cc(NC)nc(-c2ccccc2)n1. The van der Waals surface area contributed by atoms with E-state index in [1.807, 2.05) is 50.4 Å². The van der Waals surface area contributed by atoms with Crippen molar-refractivity contribution in [2.24, 2.45) is 0 Å². The second-order valence-electron chi connectivity index (χ2n) is 5.28. The molecule has 1 aromatic heterocycles. The predicted octanol–water partition coefficient (Wildman–Crippen LogP) is 2.76. The second kappa shape index (κ2) is 6.54. The van der Waals surface area contributed by atoms with Gasteiger partial charge in [-0.05, 0) is 13.3 Å². The van der Waals surface area contributed by atoms with Crippen LogP contribution in [0.15, 0.2) is 36.4 Å². The van der Waals surface area contributed by atoms with Gasteiger partial charge in [0.1, 0.15) is 11.6 Å². The van der Waals surface area contributed by atoms with E-state index in [0.29, 0.717) is 24.6 Å². The van der Waals surface area contributed by atoms with Gasteiger partial charge in [-0.3, -0.25) is 0 Å². The van der Waals surface area contributed by atoms with E-state index in [-0.39, 0.29) is 0 Å². The van der Waals surface area contributed by atoms with Gasteiger partial charge in [0, 0.05) is 25.2 Å². The van der Waals surface area contributed by atoms with Gasteiger partial charge in [0.15, 0.2) is 5.82 Å². The van der Waals surface area contributed by atoms with E-state index in [1.54, 1.807) is 6.92 Å². The molecule has 0 saturated heterocycles. The average Bonchev–Trinajstić information content (AvgIpc) is 2.53. The first-order chi connectivity index (χ1) is 10.0. The topological polar surface area (TPSA) is 70.1 Å². The van der Waals surface area contributed by atoms with Crippen molar-refractivity contribution in [2.75, 3.05) is 24.2 Å². The van der Waals surface area contributed by atoms with Gasteiger partial charge in [0.05, 0.1) is 5.60 Å². The Balaban J connectivity index is 2.26. The Kier molecular flexibility index (Phi) is 4.75. The summed E-state index contributed by atoms with van der Waals surface area (Å²) in [6.07, 6.45) is 0.676. The van der Waals surface area contributed by atoms with E-state index < -0.39 is 5.60 Å². The molecule has 1 aromatic carbocycles. The summed E-state index contributed by atoms with van der Waals surface area (Å²) in [6, 6.07) is 11.7. The first-order valence-corrected chi connectivity index (χ1v) is 7.12. The molecule has 21 heavy (non-hydrogen) atoms. The quantitative estimate of drug-likeness (QED) is 0.761. The van der Waals surface area contributed by atoms with Crippen LogP contribution < -0.4 is 10.6 Å². The highest BCUT2D eigenvalue weighted by Crippen LogP contribution is 2.20. The van der Waals surface area contributed by atoms with E-state index in [1.165, 1.54) is 0 Å². The Morgan fingerprint density at radius 3 is 2.43 bits per heavy atom. The third kappa shape index (κ3) is 4.16. The number of aromatic nitrogens is 2. The van der Waals surface area contributed by atoms with Crippen LogP contribution in [0.2, 0.25) is 0 Å². The van der Waals surface area contributed by atoms with Crippen molar-refractivity contribution in [3.05, 3.63) is 36.4 Å². The molecule has 0 saturated carbocycles. The minimum Gasteiger partial charge on any atom is -0.388 e. The zero-order valence-corrected chi connectivity index (χ0v) is 12.7. The Bertz CT molecular complexity index is 584. The highest BCUT2D eigenvalue weighted by atomic mass is 16.3. The van der Waals surface area contributed by atoms with Crippen molar-refractivity contribution >= 4 is 11.6 Å². The van der Waals surface area contributed by atoms with Gasteiger partial charge in [-0.2, -0.15) is 0 Å². The van der Waals surface area contributed by atoms with Crippen LogP contribution in [-0.4, -0.2) is 34.3 Å². The second-order valence-corrected chi connectivity index (χ2v) is 5.28. The van der Waals surface area contributed by atoms with Gasteiger partial charge in [-0.25, -0.2) is 9.97 Å². The largest absolute Gasteiger partial charge is 0.388 e. The number of nitrogens with zero attached hydrogens (tertiary/aromatic N) is 2. The van der Waals surface area contributed by atoms with Crippen molar-refractivity contribution < 1.29 is 5.11 Å².